The summed E-state index contributed by atoms with van der Waals surface area (Å²) in [4.78, 5) is 7.67. The molecule has 72 valence electrons. The molecule has 0 fully saturated rings. The quantitative estimate of drug-likeness (QED) is 0.784. The van der Waals surface area contributed by atoms with Crippen LogP contribution < -0.4 is 0 Å². The number of fused-ring (bicyclic) bond motifs is 1. The number of aromatic nitrogens is 2. The monoisotopic (exact) mass is 258 g/mol. The number of hydrogen-bond donors (Lipinski definition) is 0. The van der Waals surface area contributed by atoms with Crippen molar-refractivity contribution in [2.24, 2.45) is 0 Å². The van der Waals surface area contributed by atoms with E-state index in [0.29, 0.717) is 10.1 Å². The molecule has 5 heteroatoms. The molecule has 2 aromatic rings. The normalized spacial score (nSPS) is 11.1. The first-order valence-corrected chi connectivity index (χ1v) is 4.67. The zero-order valence-corrected chi connectivity index (χ0v) is 8.50. The minimum Gasteiger partial charge on any atom is -0.237 e. The van der Waals surface area contributed by atoms with E-state index in [-0.39, 0.29) is 5.69 Å². The highest BCUT2D eigenvalue weighted by molar-refractivity contribution is 9.10. The van der Waals surface area contributed by atoms with Crippen LogP contribution >= 0.6 is 15.9 Å². The molecule has 0 N–H and O–H groups in total. The maximum absolute atomic E-state index is 12.4. The summed E-state index contributed by atoms with van der Waals surface area (Å²) in [6.45, 7) is 0. The minimum atomic E-state index is -2.59. The third-order valence-corrected chi connectivity index (χ3v) is 2.41. The molecule has 0 aliphatic rings. The lowest BCUT2D eigenvalue weighted by Crippen LogP contribution is -1.94. The topological polar surface area (TPSA) is 25.8 Å². The Kier molecular flexibility index (Phi) is 2.41. The maximum atomic E-state index is 12.4. The van der Waals surface area contributed by atoms with Crippen molar-refractivity contribution in [1.82, 2.24) is 9.97 Å². The van der Waals surface area contributed by atoms with E-state index in [1.165, 1.54) is 6.20 Å². The summed E-state index contributed by atoms with van der Waals surface area (Å²) in [5.41, 5.74) is 0.0715. The van der Waals surface area contributed by atoms with Crippen molar-refractivity contribution >= 4 is 27.0 Å². The molecule has 0 spiro atoms. The molecule has 0 saturated carbocycles. The van der Waals surface area contributed by atoms with Crippen LogP contribution in [0.4, 0.5) is 8.78 Å². The maximum Gasteiger partial charge on any atom is 0.281 e. The number of nitrogens with zero attached hydrogens (tertiary/aromatic N) is 2. The lowest BCUT2D eigenvalue weighted by atomic mass is 10.2. The van der Waals surface area contributed by atoms with Gasteiger partial charge in [0.25, 0.3) is 6.43 Å². The van der Waals surface area contributed by atoms with Gasteiger partial charge in [-0.15, -0.1) is 0 Å². The first-order chi connectivity index (χ1) is 6.68. The summed E-state index contributed by atoms with van der Waals surface area (Å²) in [6, 6.07) is 5.10. The van der Waals surface area contributed by atoms with Crippen molar-refractivity contribution in [2.75, 3.05) is 0 Å². The molecule has 0 saturated heterocycles. The van der Waals surface area contributed by atoms with Crippen molar-refractivity contribution < 1.29 is 8.78 Å². The third kappa shape index (κ3) is 1.59. The van der Waals surface area contributed by atoms with Crippen LogP contribution in [-0.4, -0.2) is 9.97 Å². The van der Waals surface area contributed by atoms with E-state index < -0.39 is 6.43 Å². The zero-order valence-electron chi connectivity index (χ0n) is 6.92. The second kappa shape index (κ2) is 3.57. The van der Waals surface area contributed by atoms with Crippen LogP contribution in [0, 0.1) is 0 Å². The molecule has 0 aliphatic carbocycles. The van der Waals surface area contributed by atoms with Crippen LogP contribution in [0.5, 0.6) is 0 Å². The Labute approximate surface area is 87.1 Å². The summed E-state index contributed by atoms with van der Waals surface area (Å²) in [7, 11) is 0. The fourth-order valence-electron chi connectivity index (χ4n) is 1.15. The highest BCUT2D eigenvalue weighted by Gasteiger charge is 2.14. The minimum absolute atomic E-state index is 0.267. The third-order valence-electron chi connectivity index (χ3n) is 1.78. The molecule has 0 aromatic carbocycles. The molecule has 2 heterocycles. The number of hydrogen-bond acceptors (Lipinski definition) is 2. The average molecular weight is 259 g/mol. The molecule has 0 radical (unpaired) electrons. The predicted molar refractivity (Wildman–Crippen MR) is 52.2 cm³/mol. The standard InChI is InChI=1S/C9H5BrF2N2/c10-6-4-5-2-1-3-13-9(5)14-7(6)8(11)12/h1-4,8H. The first-order valence-electron chi connectivity index (χ1n) is 3.88. The number of halogens is 3. The Bertz CT molecular complexity index is 473. The Morgan fingerprint density at radius 2 is 2.14 bits per heavy atom. The van der Waals surface area contributed by atoms with Crippen molar-refractivity contribution in [3.05, 3.63) is 34.6 Å². The summed E-state index contributed by atoms with van der Waals surface area (Å²) < 4.78 is 25.2. The molecular weight excluding hydrogens is 254 g/mol. The largest absolute Gasteiger partial charge is 0.281 e. The zero-order chi connectivity index (χ0) is 10.1. The lowest BCUT2D eigenvalue weighted by Gasteiger charge is -2.03. The Hall–Kier alpha value is -1.10. The van der Waals surface area contributed by atoms with E-state index in [0.717, 1.165) is 5.39 Å². The van der Waals surface area contributed by atoms with E-state index in [9.17, 15) is 8.78 Å². The van der Waals surface area contributed by atoms with E-state index in [1.54, 1.807) is 18.2 Å². The van der Waals surface area contributed by atoms with Gasteiger partial charge in [-0.3, -0.25) is 0 Å². The smallest absolute Gasteiger partial charge is 0.237 e. The van der Waals surface area contributed by atoms with Gasteiger partial charge < -0.3 is 0 Å². The van der Waals surface area contributed by atoms with Gasteiger partial charge in [-0.2, -0.15) is 0 Å². The number of pyridine rings is 2. The fraction of sp³-hybridized carbons (Fsp3) is 0.111. The molecule has 0 unspecified atom stereocenters. The van der Waals surface area contributed by atoms with Gasteiger partial charge in [-0.05, 0) is 34.1 Å². The Balaban J connectivity index is 2.71. The molecule has 14 heavy (non-hydrogen) atoms. The van der Waals surface area contributed by atoms with Gasteiger partial charge in [0.15, 0.2) is 5.65 Å². The first kappa shape index (κ1) is 9.45. The van der Waals surface area contributed by atoms with Crippen molar-refractivity contribution in [3.8, 4) is 0 Å². The van der Waals surface area contributed by atoms with Gasteiger partial charge in [-0.25, -0.2) is 18.7 Å². The molecule has 0 bridgehead atoms. The Morgan fingerprint density at radius 3 is 2.86 bits per heavy atom. The van der Waals surface area contributed by atoms with Crippen molar-refractivity contribution in [3.63, 3.8) is 0 Å². The SMILES string of the molecule is FC(F)c1nc2ncccc2cc1Br. The summed E-state index contributed by atoms with van der Waals surface area (Å²) >= 11 is 3.05. The highest BCUT2D eigenvalue weighted by atomic mass is 79.9. The molecule has 2 nitrogen and oxygen atoms in total. The Morgan fingerprint density at radius 1 is 1.36 bits per heavy atom. The van der Waals surface area contributed by atoms with Gasteiger partial charge >= 0.3 is 0 Å². The van der Waals surface area contributed by atoms with Gasteiger partial charge in [0.2, 0.25) is 0 Å². The van der Waals surface area contributed by atoms with Gasteiger partial charge in [-0.1, -0.05) is 0 Å². The second-order valence-electron chi connectivity index (χ2n) is 2.71. The molecule has 0 aliphatic heterocycles. The summed E-state index contributed by atoms with van der Waals surface area (Å²) in [5.74, 6) is 0. The molecule has 0 atom stereocenters. The second-order valence-corrected chi connectivity index (χ2v) is 3.56. The predicted octanol–water partition coefficient (Wildman–Crippen LogP) is 3.33. The van der Waals surface area contributed by atoms with Crippen LogP contribution in [0.3, 0.4) is 0 Å². The highest BCUT2D eigenvalue weighted by Crippen LogP contribution is 2.27. The van der Waals surface area contributed by atoms with E-state index in [4.69, 9.17) is 0 Å². The average Bonchev–Trinajstić information content (AvgIpc) is 2.16. The van der Waals surface area contributed by atoms with Crippen molar-refractivity contribution in [1.29, 1.82) is 0 Å². The summed E-state index contributed by atoms with van der Waals surface area (Å²) in [6.07, 6.45) is -1.06. The number of rotatable bonds is 1. The molecule has 2 rings (SSSR count). The van der Waals surface area contributed by atoms with Crippen molar-refractivity contribution in [2.45, 2.75) is 6.43 Å². The van der Waals surface area contributed by atoms with E-state index in [1.807, 2.05) is 0 Å². The van der Waals surface area contributed by atoms with Crippen LogP contribution in [0.25, 0.3) is 11.0 Å². The fourth-order valence-corrected chi connectivity index (χ4v) is 1.65. The van der Waals surface area contributed by atoms with Crippen LogP contribution in [0.1, 0.15) is 12.1 Å². The van der Waals surface area contributed by atoms with Gasteiger partial charge in [0.05, 0.1) is 0 Å². The van der Waals surface area contributed by atoms with Gasteiger partial charge in [0, 0.05) is 16.1 Å². The number of alkyl halides is 2. The van der Waals surface area contributed by atoms with E-state index >= 15 is 0 Å². The molecule has 0 amide bonds. The molecule has 2 aromatic heterocycles. The van der Waals surface area contributed by atoms with Gasteiger partial charge in [0.1, 0.15) is 5.69 Å². The van der Waals surface area contributed by atoms with Crippen LogP contribution in [-0.2, 0) is 0 Å². The molecular formula is C9H5BrF2N2. The van der Waals surface area contributed by atoms with E-state index in [2.05, 4.69) is 25.9 Å². The van der Waals surface area contributed by atoms with Crippen LogP contribution in [0.15, 0.2) is 28.9 Å². The van der Waals surface area contributed by atoms with Crippen LogP contribution in [0.2, 0.25) is 0 Å². The summed E-state index contributed by atoms with van der Waals surface area (Å²) in [5, 5.41) is 0.740. The lowest BCUT2D eigenvalue weighted by molar-refractivity contribution is 0.145.